The topological polar surface area (TPSA) is 88.6 Å². The number of nitrogens with one attached hydrogen (secondary N) is 2. The lowest BCUT2D eigenvalue weighted by Gasteiger charge is -2.21. The Morgan fingerprint density at radius 3 is 2.88 bits per heavy atom. The number of likely N-dealkylation sites (tertiary alicyclic amines) is 1. The smallest absolute Gasteiger partial charge is 0.267 e. The lowest BCUT2D eigenvalue weighted by atomic mass is 10.1. The van der Waals surface area contributed by atoms with E-state index in [4.69, 9.17) is 9.57 Å². The molecule has 2 aliphatic heterocycles. The van der Waals surface area contributed by atoms with Gasteiger partial charge in [0.15, 0.2) is 6.29 Å². The van der Waals surface area contributed by atoms with Crippen molar-refractivity contribution in [3.05, 3.63) is 60.1 Å². The summed E-state index contributed by atoms with van der Waals surface area (Å²) in [6.07, 6.45) is 11.0. The van der Waals surface area contributed by atoms with Gasteiger partial charge >= 0.3 is 0 Å². The minimum absolute atomic E-state index is 0.357. The molecule has 0 radical (unpaired) electrons. The molecule has 2 aliphatic rings. The van der Waals surface area contributed by atoms with E-state index in [1.807, 2.05) is 0 Å². The first kappa shape index (κ1) is 22.4. The highest BCUT2D eigenvalue weighted by Gasteiger charge is 2.22. The third-order valence-electron chi connectivity index (χ3n) is 5.69. The second-order valence-electron chi connectivity index (χ2n) is 8.21. The fourth-order valence-electron chi connectivity index (χ4n) is 3.92. The minimum Gasteiger partial charge on any atom is -0.365 e. The van der Waals surface area contributed by atoms with E-state index >= 15 is 0 Å². The lowest BCUT2D eigenvalue weighted by Crippen LogP contribution is -2.32. The van der Waals surface area contributed by atoms with E-state index in [-0.39, 0.29) is 12.2 Å². The number of amides is 1. The number of ether oxygens (including phenoxy) is 1. The summed E-state index contributed by atoms with van der Waals surface area (Å²) in [6, 6.07) is 11.0. The van der Waals surface area contributed by atoms with Crippen LogP contribution in [-0.2, 0) is 20.8 Å². The number of anilines is 1. The quantitative estimate of drug-likeness (QED) is 0.461. The Labute approximate surface area is 189 Å². The maximum Gasteiger partial charge on any atom is 0.267 e. The van der Waals surface area contributed by atoms with Gasteiger partial charge in [0.05, 0.1) is 18.1 Å². The summed E-state index contributed by atoms with van der Waals surface area (Å²) >= 11 is 0. The zero-order chi connectivity index (χ0) is 22.0. The van der Waals surface area contributed by atoms with E-state index in [0.717, 1.165) is 57.6 Å². The van der Waals surface area contributed by atoms with Crippen molar-refractivity contribution in [3.63, 3.8) is 0 Å². The number of nitrogens with zero attached hydrogens (tertiary/aromatic N) is 3. The van der Waals surface area contributed by atoms with Crippen molar-refractivity contribution in [3.8, 4) is 0 Å². The highest BCUT2D eigenvalue weighted by molar-refractivity contribution is 5.90. The summed E-state index contributed by atoms with van der Waals surface area (Å²) in [5.74, 6) is 0.393. The summed E-state index contributed by atoms with van der Waals surface area (Å²) in [5, 5.41) is 3.47. The van der Waals surface area contributed by atoms with Gasteiger partial charge in [0, 0.05) is 44.8 Å². The van der Waals surface area contributed by atoms with E-state index in [1.165, 1.54) is 11.6 Å². The van der Waals surface area contributed by atoms with Gasteiger partial charge in [-0.1, -0.05) is 30.3 Å². The van der Waals surface area contributed by atoms with Gasteiger partial charge in [0.2, 0.25) is 0 Å². The molecule has 8 nitrogen and oxygen atoms in total. The van der Waals surface area contributed by atoms with Gasteiger partial charge in [0.1, 0.15) is 5.82 Å². The Kier molecular flexibility index (Phi) is 8.19. The monoisotopic (exact) mass is 437 g/mol. The molecule has 32 heavy (non-hydrogen) atoms. The van der Waals surface area contributed by atoms with Crippen molar-refractivity contribution in [2.45, 2.75) is 44.4 Å². The third-order valence-corrected chi connectivity index (χ3v) is 5.69. The first-order valence-corrected chi connectivity index (χ1v) is 11.3. The number of hydroxylamine groups is 1. The molecule has 1 amide bonds. The first-order chi connectivity index (χ1) is 15.7. The zero-order valence-electron chi connectivity index (χ0n) is 18.3. The van der Waals surface area contributed by atoms with Crippen LogP contribution in [-0.4, -0.2) is 59.3 Å². The van der Waals surface area contributed by atoms with Crippen LogP contribution in [0.5, 0.6) is 0 Å². The second kappa shape index (κ2) is 11.7. The van der Waals surface area contributed by atoms with Crippen LogP contribution >= 0.6 is 0 Å². The Morgan fingerprint density at radius 2 is 2.09 bits per heavy atom. The molecule has 2 N–H and O–H groups in total. The van der Waals surface area contributed by atoms with Crippen LogP contribution in [0.2, 0.25) is 0 Å². The third kappa shape index (κ3) is 7.12. The summed E-state index contributed by atoms with van der Waals surface area (Å²) in [5.41, 5.74) is 4.37. The second-order valence-corrected chi connectivity index (χ2v) is 8.21. The summed E-state index contributed by atoms with van der Waals surface area (Å²) in [6.45, 7) is 3.82. The number of rotatable bonds is 9. The predicted octanol–water partition coefficient (Wildman–Crippen LogP) is 2.79. The van der Waals surface area contributed by atoms with E-state index in [9.17, 15) is 4.79 Å². The first-order valence-electron chi connectivity index (χ1n) is 11.3. The summed E-state index contributed by atoms with van der Waals surface area (Å²) in [4.78, 5) is 28.4. The molecule has 4 rings (SSSR count). The van der Waals surface area contributed by atoms with Crippen molar-refractivity contribution >= 4 is 17.8 Å². The van der Waals surface area contributed by atoms with Crippen molar-refractivity contribution < 1.29 is 14.4 Å². The van der Waals surface area contributed by atoms with Crippen molar-refractivity contribution in [2.24, 2.45) is 0 Å². The van der Waals surface area contributed by atoms with Crippen LogP contribution in [0, 0.1) is 0 Å². The van der Waals surface area contributed by atoms with E-state index in [0.29, 0.717) is 18.3 Å². The lowest BCUT2D eigenvalue weighted by molar-refractivity contribution is -0.198. The standard InChI is InChI=1S/C24H31N5O3/c30-23(28-32-24-8-4-5-15-31-24)10-9-20-16-26-22(17-25-20)27-21-12-14-29(18-21)13-11-19-6-2-1-3-7-19/h1-3,6-7,9-10,16-17,21,24H,4-5,8,11-15,18H2,(H,26,27)(H,28,30)/b10-9+/t21-,24?/m1/s1. The van der Waals surface area contributed by atoms with E-state index in [2.05, 4.69) is 56.0 Å². The summed E-state index contributed by atoms with van der Waals surface area (Å²) in [7, 11) is 0. The van der Waals surface area contributed by atoms with Crippen LogP contribution in [0.15, 0.2) is 48.8 Å². The molecule has 0 saturated carbocycles. The molecule has 2 saturated heterocycles. The number of aromatic nitrogens is 2. The Balaban J connectivity index is 1.16. The molecule has 3 heterocycles. The van der Waals surface area contributed by atoms with Crippen LogP contribution < -0.4 is 10.8 Å². The maximum atomic E-state index is 11.9. The zero-order valence-corrected chi connectivity index (χ0v) is 18.3. The van der Waals surface area contributed by atoms with Crippen LogP contribution in [0.4, 0.5) is 5.82 Å². The summed E-state index contributed by atoms with van der Waals surface area (Å²) < 4.78 is 5.41. The molecule has 0 spiro atoms. The van der Waals surface area contributed by atoms with Crippen LogP contribution in [0.1, 0.15) is 36.9 Å². The molecule has 2 atom stereocenters. The van der Waals surface area contributed by atoms with Crippen molar-refractivity contribution in [2.75, 3.05) is 31.6 Å². The van der Waals surface area contributed by atoms with Crippen LogP contribution in [0.3, 0.4) is 0 Å². The maximum absolute atomic E-state index is 11.9. The molecule has 2 fully saturated rings. The van der Waals surface area contributed by atoms with Gasteiger partial charge in [-0.05, 0) is 37.3 Å². The number of hydrogen-bond donors (Lipinski definition) is 2. The Hall–Kier alpha value is -2.81. The molecule has 2 aromatic rings. The highest BCUT2D eigenvalue weighted by Crippen LogP contribution is 2.15. The Bertz CT molecular complexity index is 869. The molecular weight excluding hydrogens is 406 g/mol. The highest BCUT2D eigenvalue weighted by atomic mass is 16.8. The average Bonchev–Trinajstić information content (AvgIpc) is 3.29. The van der Waals surface area contributed by atoms with Gasteiger partial charge in [-0.3, -0.25) is 9.78 Å². The fraction of sp³-hybridized carbons (Fsp3) is 0.458. The van der Waals surface area contributed by atoms with Crippen LogP contribution in [0.25, 0.3) is 6.08 Å². The van der Waals surface area contributed by atoms with E-state index in [1.54, 1.807) is 18.5 Å². The molecule has 0 aliphatic carbocycles. The van der Waals surface area contributed by atoms with Gasteiger partial charge in [-0.15, -0.1) is 0 Å². The number of benzene rings is 1. The SMILES string of the molecule is O=C(/C=C/c1cnc(N[C@@H]2CCN(CCc3ccccc3)C2)cn1)NOC1CCCCO1. The van der Waals surface area contributed by atoms with E-state index < -0.39 is 0 Å². The fourth-order valence-corrected chi connectivity index (χ4v) is 3.92. The van der Waals surface area contributed by atoms with Gasteiger partial charge in [-0.25, -0.2) is 15.3 Å². The van der Waals surface area contributed by atoms with Crippen molar-refractivity contribution in [1.29, 1.82) is 0 Å². The number of carbonyl (C=O) groups excluding carboxylic acids is 1. The van der Waals surface area contributed by atoms with Gasteiger partial charge in [-0.2, -0.15) is 0 Å². The molecule has 1 unspecified atom stereocenters. The molecule has 1 aromatic heterocycles. The van der Waals surface area contributed by atoms with Gasteiger partial charge < -0.3 is 15.0 Å². The molecule has 8 heteroatoms. The molecule has 0 bridgehead atoms. The van der Waals surface area contributed by atoms with Gasteiger partial charge in [0.25, 0.3) is 5.91 Å². The normalized spacial score (nSPS) is 21.6. The minimum atomic E-state index is -0.365. The van der Waals surface area contributed by atoms with Crippen molar-refractivity contribution in [1.82, 2.24) is 20.3 Å². The average molecular weight is 438 g/mol. The molecule has 1 aromatic carbocycles. The Morgan fingerprint density at radius 1 is 1.19 bits per heavy atom. The number of hydrogen-bond acceptors (Lipinski definition) is 7. The largest absolute Gasteiger partial charge is 0.365 e. The molecule has 170 valence electrons. The number of carbonyl (C=O) groups is 1. The molecular formula is C24H31N5O3. The predicted molar refractivity (Wildman–Crippen MR) is 122 cm³/mol.